The van der Waals surface area contributed by atoms with E-state index in [1.54, 1.807) is 12.2 Å². The molecule has 0 heterocycles. The van der Waals surface area contributed by atoms with Gasteiger partial charge >= 0.3 is 25.7 Å². The highest BCUT2D eigenvalue weighted by Crippen LogP contribution is 2.43. The largest absolute Gasteiger partial charge is 0.480 e. The average molecular weight is 906 g/mol. The number of aliphatic hydroxyl groups is 2. The van der Waals surface area contributed by atoms with Gasteiger partial charge in [-0.05, 0) is 77.0 Å². The molecule has 1 fully saturated rings. The van der Waals surface area contributed by atoms with Gasteiger partial charge in [-0.3, -0.25) is 28.2 Å². The van der Waals surface area contributed by atoms with Gasteiger partial charge < -0.3 is 35.4 Å². The Balaban J connectivity index is 2.52. The summed E-state index contributed by atoms with van der Waals surface area (Å²) in [6.07, 6.45) is 38.7. The molecule has 14 nitrogen and oxygen atoms in total. The molecule has 1 aliphatic rings. The molecule has 1 rings (SSSR count). The Hall–Kier alpha value is -3.75. The summed E-state index contributed by atoms with van der Waals surface area (Å²) >= 11 is 0. The summed E-state index contributed by atoms with van der Waals surface area (Å²) in [5.41, 5.74) is 5.33. The highest BCUT2D eigenvalue weighted by Gasteiger charge is 2.39. The van der Waals surface area contributed by atoms with E-state index >= 15 is 0 Å². The third kappa shape index (κ3) is 30.9. The number of aliphatic carboxylic acids is 1. The number of aliphatic hydroxyl groups excluding tert-OH is 2. The molecule has 15 heteroatoms. The molecule has 0 aromatic rings. The van der Waals surface area contributed by atoms with Crippen molar-refractivity contribution in [2.75, 3.05) is 19.8 Å². The topological polar surface area (TPSA) is 229 Å². The molecular weight excluding hydrogens is 829 g/mol. The standard InChI is InChI=1S/C48H76NO13P/c1-3-5-7-8-9-10-11-12-13-14-15-16-17-18-19-20-21-22-27-31-46(53)59-36-40(37-60-63(57,58)61-38-43(49)48(55)56)62-47(54)32-28-24-23-26-30-41-42(45(52)35-44(41)51)34-33-39(50)29-25-6-4-2/h5,7,9-10,12-13,15-16,18-19,23,26,33-34,39-43,45,50,52H,3-4,6,8,11,14,17,20-22,24-25,27-32,35-38,49H2,1-2H3,(H,55,56)(H,57,58)/b7-5-,10-9-,13-12-,16-15-,19-18-,26-23-,34-33+/t39-,40+,41+,42+,43-,45+/m0/s1. The monoisotopic (exact) mass is 906 g/mol. The van der Waals surface area contributed by atoms with E-state index in [-0.39, 0.29) is 31.0 Å². The van der Waals surface area contributed by atoms with Crippen molar-refractivity contribution < 1.29 is 62.5 Å². The van der Waals surface area contributed by atoms with E-state index in [0.29, 0.717) is 32.1 Å². The van der Waals surface area contributed by atoms with Crippen LogP contribution in [0.2, 0.25) is 0 Å². The van der Waals surface area contributed by atoms with Gasteiger partial charge in [0.05, 0.1) is 25.4 Å². The van der Waals surface area contributed by atoms with Crippen LogP contribution in [-0.4, -0.2) is 88.1 Å². The summed E-state index contributed by atoms with van der Waals surface area (Å²) in [7, 11) is -4.81. The summed E-state index contributed by atoms with van der Waals surface area (Å²) < 4.78 is 32.6. The van der Waals surface area contributed by atoms with Gasteiger partial charge in [-0.1, -0.05) is 125 Å². The minimum absolute atomic E-state index is 0.0420. The first-order valence-electron chi connectivity index (χ1n) is 22.7. The van der Waals surface area contributed by atoms with Gasteiger partial charge in [-0.25, -0.2) is 4.57 Å². The number of unbranched alkanes of at least 4 members (excludes halogenated alkanes) is 6. The van der Waals surface area contributed by atoms with Gasteiger partial charge in [0.25, 0.3) is 0 Å². The first-order valence-corrected chi connectivity index (χ1v) is 24.2. The second-order valence-electron chi connectivity index (χ2n) is 15.6. The highest BCUT2D eigenvalue weighted by molar-refractivity contribution is 7.47. The van der Waals surface area contributed by atoms with E-state index < -0.39 is 75.8 Å². The van der Waals surface area contributed by atoms with Crippen molar-refractivity contribution in [1.29, 1.82) is 0 Å². The SMILES string of the molecule is CC/C=C\C/C=C\C/C=C\C/C=C\C/C=C\CCCCCC(=O)OC[C@H](COP(=O)(O)OC[C@H](N)C(=O)O)OC(=O)CCC/C=C\C[C@H]1C(=O)C[C@@H](O)[C@@H]1/C=C/[C@@H](O)CCCCC. The molecule has 0 aliphatic heterocycles. The van der Waals surface area contributed by atoms with Crippen molar-refractivity contribution in [3.8, 4) is 0 Å². The van der Waals surface area contributed by atoms with Gasteiger partial charge in [0, 0.05) is 31.1 Å². The second kappa shape index (κ2) is 36.6. The molecule has 7 atom stereocenters. The molecule has 1 aliphatic carbocycles. The number of carbonyl (C=O) groups excluding carboxylic acids is 3. The number of esters is 2. The molecule has 1 unspecified atom stereocenters. The van der Waals surface area contributed by atoms with Crippen molar-refractivity contribution in [2.24, 2.45) is 17.6 Å². The van der Waals surface area contributed by atoms with E-state index in [4.69, 9.17) is 24.8 Å². The molecule has 0 bridgehead atoms. The first kappa shape index (κ1) is 57.3. The Labute approximate surface area is 375 Å². The second-order valence-corrected chi connectivity index (χ2v) is 17.0. The number of carboxylic acids is 1. The van der Waals surface area contributed by atoms with Gasteiger partial charge in [0.2, 0.25) is 0 Å². The fourth-order valence-electron chi connectivity index (χ4n) is 6.36. The fourth-order valence-corrected chi connectivity index (χ4v) is 7.14. The van der Waals surface area contributed by atoms with E-state index in [9.17, 15) is 38.8 Å². The number of allylic oxidation sites excluding steroid dienone is 12. The summed E-state index contributed by atoms with van der Waals surface area (Å²) in [6.45, 7) is 2.26. The maximum absolute atomic E-state index is 12.7. The number of carboxylic acid groups (broad SMARTS) is 1. The van der Waals surface area contributed by atoms with Crippen molar-refractivity contribution in [1.82, 2.24) is 0 Å². The lowest BCUT2D eigenvalue weighted by atomic mass is 9.90. The lowest BCUT2D eigenvalue weighted by Gasteiger charge is -2.20. The molecule has 6 N–H and O–H groups in total. The maximum Gasteiger partial charge on any atom is 0.472 e. The Morgan fingerprint density at radius 1 is 0.762 bits per heavy atom. The van der Waals surface area contributed by atoms with E-state index in [0.717, 1.165) is 70.6 Å². The third-order valence-corrected chi connectivity index (χ3v) is 10.9. The minimum Gasteiger partial charge on any atom is -0.480 e. The zero-order chi connectivity index (χ0) is 46.6. The van der Waals surface area contributed by atoms with Crippen molar-refractivity contribution in [3.05, 3.63) is 85.1 Å². The minimum atomic E-state index is -4.81. The number of hydrogen-bond donors (Lipinski definition) is 5. The molecule has 0 saturated heterocycles. The summed E-state index contributed by atoms with van der Waals surface area (Å²) in [5, 5.41) is 29.6. The number of phosphoric ester groups is 1. The predicted molar refractivity (Wildman–Crippen MR) is 245 cm³/mol. The molecule has 0 aromatic heterocycles. The van der Waals surface area contributed by atoms with Crippen LogP contribution in [0.3, 0.4) is 0 Å². The third-order valence-electron chi connectivity index (χ3n) is 10.00. The fraction of sp³-hybridized carbons (Fsp3) is 0.625. The lowest BCUT2D eigenvalue weighted by Crippen LogP contribution is -2.34. The number of phosphoric acid groups is 1. The molecule has 0 aromatic carbocycles. The van der Waals surface area contributed by atoms with Gasteiger partial charge in [-0.2, -0.15) is 0 Å². The molecule has 0 amide bonds. The van der Waals surface area contributed by atoms with Crippen LogP contribution < -0.4 is 5.73 Å². The Bertz CT molecular complexity index is 1550. The van der Waals surface area contributed by atoms with Crippen LogP contribution in [0.5, 0.6) is 0 Å². The molecule has 0 radical (unpaired) electrons. The van der Waals surface area contributed by atoms with Crippen LogP contribution in [0.15, 0.2) is 85.1 Å². The van der Waals surface area contributed by atoms with Gasteiger partial charge in [-0.15, -0.1) is 0 Å². The number of rotatable bonds is 37. The average Bonchev–Trinajstić information content (AvgIpc) is 3.52. The van der Waals surface area contributed by atoms with Crippen LogP contribution in [-0.2, 0) is 42.3 Å². The van der Waals surface area contributed by atoms with E-state index in [2.05, 4.69) is 79.1 Å². The Morgan fingerprint density at radius 2 is 1.35 bits per heavy atom. The quantitative estimate of drug-likeness (QED) is 0.0170. The summed E-state index contributed by atoms with van der Waals surface area (Å²) in [5.74, 6) is -3.51. The maximum atomic E-state index is 12.7. The number of ether oxygens (including phenoxy) is 2. The molecular formula is C48H76NO13P. The highest BCUT2D eigenvalue weighted by atomic mass is 31.2. The Kier molecular flexibility index (Phi) is 33.2. The normalized spacial score (nSPS) is 19.7. The number of hydrogen-bond acceptors (Lipinski definition) is 12. The van der Waals surface area contributed by atoms with Crippen molar-refractivity contribution in [3.63, 3.8) is 0 Å². The van der Waals surface area contributed by atoms with Gasteiger partial charge in [0.15, 0.2) is 6.10 Å². The lowest BCUT2D eigenvalue weighted by molar-refractivity contribution is -0.161. The number of nitrogens with two attached hydrogens (primary N) is 1. The van der Waals surface area contributed by atoms with Crippen LogP contribution in [0.1, 0.15) is 136 Å². The van der Waals surface area contributed by atoms with Crippen molar-refractivity contribution in [2.45, 2.75) is 160 Å². The molecule has 0 spiro atoms. The summed E-state index contributed by atoms with van der Waals surface area (Å²) in [4.78, 5) is 58.8. The first-order chi connectivity index (χ1) is 30.3. The molecule has 356 valence electrons. The number of ketones is 1. The zero-order valence-corrected chi connectivity index (χ0v) is 38.5. The smallest absolute Gasteiger partial charge is 0.472 e. The predicted octanol–water partition coefficient (Wildman–Crippen LogP) is 8.87. The number of Topliss-reactive ketones (excluding diaryl/α,β-unsaturated/α-hetero) is 1. The van der Waals surface area contributed by atoms with Gasteiger partial charge in [0.1, 0.15) is 18.4 Å². The Morgan fingerprint density at radius 3 is 1.98 bits per heavy atom. The van der Waals surface area contributed by atoms with Crippen LogP contribution in [0, 0.1) is 11.8 Å². The van der Waals surface area contributed by atoms with Crippen molar-refractivity contribution >= 4 is 31.5 Å². The van der Waals surface area contributed by atoms with E-state index in [1.807, 2.05) is 12.2 Å². The van der Waals surface area contributed by atoms with Crippen LogP contribution in [0.25, 0.3) is 0 Å². The zero-order valence-electron chi connectivity index (χ0n) is 37.6. The summed E-state index contributed by atoms with van der Waals surface area (Å²) in [6, 6.07) is -1.58. The molecule has 63 heavy (non-hydrogen) atoms. The van der Waals surface area contributed by atoms with Crippen LogP contribution in [0.4, 0.5) is 0 Å². The van der Waals surface area contributed by atoms with Crippen LogP contribution >= 0.6 is 7.82 Å². The number of carbonyl (C=O) groups is 4. The van der Waals surface area contributed by atoms with E-state index in [1.165, 1.54) is 0 Å². The molecule has 1 saturated carbocycles.